The van der Waals surface area contributed by atoms with Crippen LogP contribution in [0.1, 0.15) is 62.6 Å². The molecule has 2 heterocycles. The molecule has 207 valence electrons. The van der Waals surface area contributed by atoms with Gasteiger partial charge in [0, 0.05) is 32.5 Å². The van der Waals surface area contributed by atoms with E-state index in [4.69, 9.17) is 4.98 Å². The Kier molecular flexibility index (Phi) is 7.53. The van der Waals surface area contributed by atoms with Crippen LogP contribution in [0.25, 0.3) is 33.6 Å². The first-order valence-corrected chi connectivity index (χ1v) is 14.6. The Morgan fingerprint density at radius 2 is 1.51 bits per heavy atom. The fourth-order valence-corrected chi connectivity index (χ4v) is 7.54. The van der Waals surface area contributed by atoms with Gasteiger partial charge in [0.2, 0.25) is 0 Å². The smallest absolute Gasteiger partial charge is 0.0163 e. The van der Waals surface area contributed by atoms with Crippen molar-refractivity contribution in [2.24, 2.45) is 5.92 Å². The molecule has 0 aliphatic heterocycles. The van der Waals surface area contributed by atoms with Crippen molar-refractivity contribution >= 4 is 0 Å². The van der Waals surface area contributed by atoms with Crippen molar-refractivity contribution in [3.05, 3.63) is 132 Å². The zero-order valence-corrected chi connectivity index (χ0v) is 26.1. The van der Waals surface area contributed by atoms with Crippen molar-refractivity contribution in [3.8, 4) is 33.6 Å². The predicted octanol–water partition coefficient (Wildman–Crippen LogP) is 9.23. The third-order valence-electron chi connectivity index (χ3n) is 9.53. The summed E-state index contributed by atoms with van der Waals surface area (Å²) in [6, 6.07) is 38.2. The molecule has 2 saturated carbocycles. The van der Waals surface area contributed by atoms with Gasteiger partial charge >= 0.3 is 0 Å². The molecule has 0 atom stereocenters. The second kappa shape index (κ2) is 11.1. The molecule has 3 aliphatic carbocycles. The van der Waals surface area contributed by atoms with Crippen molar-refractivity contribution < 1.29 is 20.1 Å². The molecule has 2 fully saturated rings. The minimum atomic E-state index is -0.0270. The molecule has 8 rings (SSSR count). The minimum Gasteiger partial charge on any atom is -0.305 e. The topological polar surface area (TPSA) is 25.8 Å². The molecule has 0 N–H and O–H groups in total. The van der Waals surface area contributed by atoms with E-state index >= 15 is 0 Å². The summed E-state index contributed by atoms with van der Waals surface area (Å²) < 4.78 is 0. The molecule has 0 saturated heterocycles. The maximum atomic E-state index is 4.83. The second-order valence-electron chi connectivity index (χ2n) is 12.2. The number of rotatable bonds is 3. The molecule has 5 aromatic rings. The van der Waals surface area contributed by atoms with E-state index < -0.39 is 0 Å². The molecule has 0 unspecified atom stereocenters. The number of pyridine rings is 2. The summed E-state index contributed by atoms with van der Waals surface area (Å²) in [6.07, 6.45) is 10.7. The van der Waals surface area contributed by atoms with Crippen LogP contribution in [0.3, 0.4) is 0 Å². The number of hydrogen-bond donors (Lipinski definition) is 0. The molecule has 2 bridgehead atoms. The molecular formula is C38H34IrN2-2. The van der Waals surface area contributed by atoms with E-state index in [9.17, 15) is 0 Å². The van der Waals surface area contributed by atoms with Crippen molar-refractivity contribution in [3.63, 3.8) is 0 Å². The van der Waals surface area contributed by atoms with Crippen LogP contribution in [0, 0.1) is 18.1 Å². The van der Waals surface area contributed by atoms with Crippen LogP contribution in [0.15, 0.2) is 103 Å². The average Bonchev–Trinajstić information content (AvgIpc) is 3.71. The quantitative estimate of drug-likeness (QED) is 0.175. The molecule has 41 heavy (non-hydrogen) atoms. The maximum Gasteiger partial charge on any atom is 0.0163 e. The zero-order valence-electron chi connectivity index (χ0n) is 23.7. The van der Waals surface area contributed by atoms with Gasteiger partial charge in [-0.05, 0) is 89.1 Å². The molecule has 2 nitrogen and oxygen atoms in total. The summed E-state index contributed by atoms with van der Waals surface area (Å²) in [7, 11) is 0. The Hall–Kier alpha value is -3.39. The number of fused-ring (bicyclic) bond motifs is 5. The predicted molar refractivity (Wildman–Crippen MR) is 163 cm³/mol. The van der Waals surface area contributed by atoms with Gasteiger partial charge in [0.25, 0.3) is 0 Å². The van der Waals surface area contributed by atoms with E-state index in [-0.39, 0.29) is 25.5 Å². The zero-order chi connectivity index (χ0) is 27.2. The molecule has 3 aromatic carbocycles. The van der Waals surface area contributed by atoms with Crippen LogP contribution in [0.2, 0.25) is 0 Å². The van der Waals surface area contributed by atoms with Crippen molar-refractivity contribution in [2.75, 3.05) is 0 Å². The molecule has 0 spiro atoms. The van der Waals surface area contributed by atoms with Gasteiger partial charge in [-0.15, -0.1) is 65.2 Å². The molecule has 2 aromatic heterocycles. The fraction of sp³-hybridized carbons (Fsp3) is 0.263. The molecule has 0 amide bonds. The Morgan fingerprint density at radius 3 is 2.24 bits per heavy atom. The van der Waals surface area contributed by atoms with Gasteiger partial charge in [-0.25, -0.2) is 0 Å². The number of nitrogens with zero attached hydrogens (tertiary/aromatic N) is 2. The summed E-state index contributed by atoms with van der Waals surface area (Å²) in [5.41, 5.74) is 11.7. The summed E-state index contributed by atoms with van der Waals surface area (Å²) in [4.78, 5) is 9.05. The first kappa shape index (κ1) is 27.8. The Morgan fingerprint density at radius 1 is 0.732 bits per heavy atom. The van der Waals surface area contributed by atoms with Crippen LogP contribution in [-0.4, -0.2) is 9.97 Å². The van der Waals surface area contributed by atoms with Crippen LogP contribution >= 0.6 is 0 Å². The van der Waals surface area contributed by atoms with Crippen molar-refractivity contribution in [1.29, 1.82) is 0 Å². The van der Waals surface area contributed by atoms with E-state index in [1.54, 1.807) is 6.20 Å². The van der Waals surface area contributed by atoms with Crippen LogP contribution in [-0.2, 0) is 30.9 Å². The first-order chi connectivity index (χ1) is 19.6. The summed E-state index contributed by atoms with van der Waals surface area (Å²) in [6.45, 7) is 4.69. The molecule has 1 radical (unpaired) electrons. The SMILES string of the molecule is CC1(C)c2ccccc2-c2cc[c-]c(-c3cc(C45CCC(CC4)C5)ccn3)c21.[Ir].[c-]1ccccc1-c1ccccn1. The Balaban J connectivity index is 0.000000196. The van der Waals surface area contributed by atoms with Crippen molar-refractivity contribution in [2.45, 2.75) is 56.8 Å². The normalized spacial score (nSPS) is 20.8. The largest absolute Gasteiger partial charge is 0.305 e. The summed E-state index contributed by atoms with van der Waals surface area (Å²) in [5.74, 6) is 0.956. The third kappa shape index (κ3) is 4.90. The van der Waals surface area contributed by atoms with Crippen LogP contribution in [0.4, 0.5) is 0 Å². The van der Waals surface area contributed by atoms with E-state index in [2.05, 4.69) is 79.5 Å². The Bertz CT molecular complexity index is 1610. The van der Waals surface area contributed by atoms with Gasteiger partial charge in [0.15, 0.2) is 0 Å². The first-order valence-electron chi connectivity index (χ1n) is 14.6. The van der Waals surface area contributed by atoms with E-state index in [0.717, 1.165) is 22.9 Å². The maximum absolute atomic E-state index is 4.83. The van der Waals surface area contributed by atoms with Gasteiger partial charge in [0.05, 0.1) is 0 Å². The van der Waals surface area contributed by atoms with E-state index in [0.29, 0.717) is 5.41 Å². The number of hydrogen-bond acceptors (Lipinski definition) is 2. The molecule has 3 heteroatoms. The average molecular weight is 711 g/mol. The van der Waals surface area contributed by atoms with Gasteiger partial charge in [-0.3, -0.25) is 0 Å². The summed E-state index contributed by atoms with van der Waals surface area (Å²) >= 11 is 0. The Labute approximate surface area is 257 Å². The van der Waals surface area contributed by atoms with E-state index in [1.807, 2.05) is 48.7 Å². The van der Waals surface area contributed by atoms with Gasteiger partial charge < -0.3 is 9.97 Å². The fourth-order valence-electron chi connectivity index (χ4n) is 7.54. The molecule has 3 aliphatic rings. The number of aromatic nitrogens is 2. The van der Waals surface area contributed by atoms with Gasteiger partial charge in [-0.2, -0.15) is 0 Å². The van der Waals surface area contributed by atoms with Gasteiger partial charge in [-0.1, -0.05) is 61.9 Å². The monoisotopic (exact) mass is 711 g/mol. The van der Waals surface area contributed by atoms with E-state index in [1.165, 1.54) is 65.5 Å². The van der Waals surface area contributed by atoms with Crippen LogP contribution in [0.5, 0.6) is 0 Å². The second-order valence-corrected chi connectivity index (χ2v) is 12.2. The third-order valence-corrected chi connectivity index (χ3v) is 9.53. The van der Waals surface area contributed by atoms with Crippen LogP contribution < -0.4 is 0 Å². The standard InChI is InChI=1S/C27H26N.C11H8N.Ir/c1-26(2)23-9-4-3-6-20(23)21-7-5-8-22(25(21)26)24-16-19(12-15-28-24)27-13-10-18(17-27)11-14-27;1-2-6-10(7-3-1)11-8-4-5-9-12-11;/h3-7,9,12,15-16,18H,10-11,13-14,17H2,1-2H3;1-6,8-9H;/q2*-1;. The van der Waals surface area contributed by atoms with Gasteiger partial charge in [0.1, 0.15) is 0 Å². The minimum absolute atomic E-state index is 0. The molecular weight excluding hydrogens is 677 g/mol. The van der Waals surface area contributed by atoms with Crippen molar-refractivity contribution in [1.82, 2.24) is 9.97 Å². The number of benzene rings is 3. The summed E-state index contributed by atoms with van der Waals surface area (Å²) in [5, 5.41) is 0.